The number of halogens is 1. The highest BCUT2D eigenvalue weighted by atomic mass is 79.9. The Morgan fingerprint density at radius 2 is 2.20 bits per heavy atom. The van der Waals surface area contributed by atoms with Crippen molar-refractivity contribution in [1.82, 2.24) is 15.3 Å². The topological polar surface area (TPSA) is 92.2 Å². The minimum atomic E-state index is -1.08. The minimum Gasteiger partial charge on any atom is -0.476 e. The molecule has 0 spiro atoms. The van der Waals surface area contributed by atoms with Crippen molar-refractivity contribution < 1.29 is 14.7 Å². The van der Waals surface area contributed by atoms with Crippen LogP contribution in [0, 0.1) is 0 Å². The Morgan fingerprint density at radius 1 is 1.45 bits per heavy atom. The number of pyridine rings is 1. The number of thiazole rings is 1. The standard InChI is InChI=1S/C12H10BrN3O3S/c1-6(11-16-9(5-20-11)12(18)19)15-10(17)7-2-8(13)4-14-3-7/h2-6H,1H3,(H,15,17)(H,18,19). The van der Waals surface area contributed by atoms with Crippen molar-refractivity contribution in [3.63, 3.8) is 0 Å². The summed E-state index contributed by atoms with van der Waals surface area (Å²) < 4.78 is 0.709. The minimum absolute atomic E-state index is 0.0183. The van der Waals surface area contributed by atoms with E-state index in [9.17, 15) is 9.59 Å². The largest absolute Gasteiger partial charge is 0.476 e. The van der Waals surface area contributed by atoms with Crippen LogP contribution in [0.25, 0.3) is 0 Å². The highest BCUT2D eigenvalue weighted by molar-refractivity contribution is 9.10. The first-order valence-electron chi connectivity index (χ1n) is 5.57. The second kappa shape index (κ2) is 6.10. The molecule has 0 bridgehead atoms. The van der Waals surface area contributed by atoms with Gasteiger partial charge in [-0.05, 0) is 28.9 Å². The summed E-state index contributed by atoms with van der Waals surface area (Å²) in [6.45, 7) is 1.74. The number of carboxylic acids is 1. The lowest BCUT2D eigenvalue weighted by atomic mass is 10.2. The molecule has 0 fully saturated rings. The van der Waals surface area contributed by atoms with Crippen LogP contribution in [0.4, 0.5) is 0 Å². The Hall–Kier alpha value is -1.80. The van der Waals surface area contributed by atoms with Crippen molar-refractivity contribution in [1.29, 1.82) is 0 Å². The highest BCUT2D eigenvalue weighted by Gasteiger charge is 2.17. The highest BCUT2D eigenvalue weighted by Crippen LogP contribution is 2.19. The van der Waals surface area contributed by atoms with Gasteiger partial charge in [0.05, 0.1) is 11.6 Å². The number of carbonyl (C=O) groups excluding carboxylic acids is 1. The third-order valence-electron chi connectivity index (χ3n) is 2.43. The predicted molar refractivity (Wildman–Crippen MR) is 76.9 cm³/mol. The molecule has 0 aliphatic rings. The van der Waals surface area contributed by atoms with E-state index in [2.05, 4.69) is 31.2 Å². The lowest BCUT2D eigenvalue weighted by molar-refractivity contribution is 0.0691. The Morgan fingerprint density at radius 3 is 2.80 bits per heavy atom. The zero-order valence-electron chi connectivity index (χ0n) is 10.3. The maximum Gasteiger partial charge on any atom is 0.355 e. The summed E-state index contributed by atoms with van der Waals surface area (Å²) in [5.74, 6) is -1.37. The summed E-state index contributed by atoms with van der Waals surface area (Å²) in [5.41, 5.74) is 0.400. The predicted octanol–water partition coefficient (Wildman–Crippen LogP) is 2.49. The average molecular weight is 356 g/mol. The Kier molecular flexibility index (Phi) is 4.46. The molecule has 2 heterocycles. The molecular formula is C12H10BrN3O3S. The molecule has 1 atom stereocenters. The first kappa shape index (κ1) is 14.6. The van der Waals surface area contributed by atoms with E-state index in [0.717, 1.165) is 0 Å². The van der Waals surface area contributed by atoms with Crippen LogP contribution in [0.1, 0.15) is 38.8 Å². The molecule has 2 aromatic heterocycles. The smallest absolute Gasteiger partial charge is 0.355 e. The third-order valence-corrected chi connectivity index (χ3v) is 3.89. The van der Waals surface area contributed by atoms with Gasteiger partial charge in [-0.1, -0.05) is 0 Å². The number of nitrogens with zero attached hydrogens (tertiary/aromatic N) is 2. The molecule has 0 saturated heterocycles. The number of hydrogen-bond acceptors (Lipinski definition) is 5. The summed E-state index contributed by atoms with van der Waals surface area (Å²) in [7, 11) is 0. The van der Waals surface area contributed by atoms with Crippen LogP contribution in [-0.2, 0) is 0 Å². The Balaban J connectivity index is 2.08. The molecule has 2 N–H and O–H groups in total. The van der Waals surface area contributed by atoms with Gasteiger partial charge in [-0.2, -0.15) is 0 Å². The molecule has 2 rings (SSSR count). The van der Waals surface area contributed by atoms with Crippen LogP contribution >= 0.6 is 27.3 Å². The van der Waals surface area contributed by atoms with Crippen LogP contribution in [0.2, 0.25) is 0 Å². The molecule has 1 unspecified atom stereocenters. The number of rotatable bonds is 4. The second-order valence-electron chi connectivity index (χ2n) is 3.96. The van der Waals surface area contributed by atoms with Crippen LogP contribution in [0.15, 0.2) is 28.3 Å². The number of carbonyl (C=O) groups is 2. The van der Waals surface area contributed by atoms with Crippen molar-refractivity contribution in [2.75, 3.05) is 0 Å². The summed E-state index contributed by atoms with van der Waals surface area (Å²) in [6.07, 6.45) is 3.04. The zero-order chi connectivity index (χ0) is 14.7. The zero-order valence-corrected chi connectivity index (χ0v) is 12.7. The van der Waals surface area contributed by atoms with Crippen molar-refractivity contribution in [3.8, 4) is 0 Å². The van der Waals surface area contributed by atoms with Gasteiger partial charge in [-0.25, -0.2) is 9.78 Å². The number of hydrogen-bond donors (Lipinski definition) is 2. The number of aromatic nitrogens is 2. The SMILES string of the molecule is CC(NC(=O)c1cncc(Br)c1)c1nc(C(=O)O)cs1. The van der Waals surface area contributed by atoms with E-state index in [1.54, 1.807) is 19.2 Å². The summed E-state index contributed by atoms with van der Waals surface area (Å²) in [4.78, 5) is 30.6. The number of carboxylic acid groups (broad SMARTS) is 1. The lowest BCUT2D eigenvalue weighted by Crippen LogP contribution is -2.26. The van der Waals surface area contributed by atoms with Crippen LogP contribution < -0.4 is 5.32 Å². The molecule has 104 valence electrons. The number of aromatic carboxylic acids is 1. The van der Waals surface area contributed by atoms with E-state index >= 15 is 0 Å². The maximum absolute atomic E-state index is 12.0. The quantitative estimate of drug-likeness (QED) is 0.878. The average Bonchev–Trinajstić information content (AvgIpc) is 2.88. The fourth-order valence-electron chi connectivity index (χ4n) is 1.46. The summed E-state index contributed by atoms with van der Waals surface area (Å²) in [6, 6.07) is 1.28. The number of amides is 1. The van der Waals surface area contributed by atoms with Crippen LogP contribution in [-0.4, -0.2) is 27.0 Å². The fraction of sp³-hybridized carbons (Fsp3) is 0.167. The van der Waals surface area contributed by atoms with Gasteiger partial charge < -0.3 is 10.4 Å². The van der Waals surface area contributed by atoms with Gasteiger partial charge in [0.15, 0.2) is 5.69 Å². The summed E-state index contributed by atoms with van der Waals surface area (Å²) >= 11 is 4.44. The van der Waals surface area contributed by atoms with E-state index < -0.39 is 5.97 Å². The van der Waals surface area contributed by atoms with Gasteiger partial charge in [-0.15, -0.1) is 11.3 Å². The normalized spacial score (nSPS) is 11.9. The molecule has 0 aliphatic carbocycles. The Bertz CT molecular complexity index is 659. The molecule has 0 radical (unpaired) electrons. The van der Waals surface area contributed by atoms with E-state index in [-0.39, 0.29) is 17.6 Å². The fourth-order valence-corrected chi connectivity index (χ4v) is 2.63. The first-order chi connectivity index (χ1) is 9.47. The maximum atomic E-state index is 12.0. The van der Waals surface area contributed by atoms with Gasteiger partial charge in [0.2, 0.25) is 0 Å². The van der Waals surface area contributed by atoms with Crippen molar-refractivity contribution >= 4 is 39.1 Å². The number of nitrogens with one attached hydrogen (secondary N) is 1. The molecule has 0 aliphatic heterocycles. The molecule has 20 heavy (non-hydrogen) atoms. The molecule has 6 nitrogen and oxygen atoms in total. The van der Waals surface area contributed by atoms with Gasteiger partial charge in [0.25, 0.3) is 5.91 Å². The lowest BCUT2D eigenvalue weighted by Gasteiger charge is -2.11. The molecule has 8 heteroatoms. The Labute approximate surface area is 127 Å². The van der Waals surface area contributed by atoms with Crippen LogP contribution in [0.3, 0.4) is 0 Å². The van der Waals surface area contributed by atoms with E-state index in [1.807, 2.05) is 0 Å². The molecular weight excluding hydrogens is 346 g/mol. The summed E-state index contributed by atoms with van der Waals surface area (Å²) in [5, 5.41) is 13.5. The first-order valence-corrected chi connectivity index (χ1v) is 7.25. The molecule has 0 saturated carbocycles. The molecule has 0 aromatic carbocycles. The van der Waals surface area contributed by atoms with Gasteiger partial charge in [0, 0.05) is 22.2 Å². The van der Waals surface area contributed by atoms with Gasteiger partial charge >= 0.3 is 5.97 Å². The molecule has 1 amide bonds. The van der Waals surface area contributed by atoms with Crippen molar-refractivity contribution in [3.05, 3.63) is 44.6 Å². The van der Waals surface area contributed by atoms with Crippen molar-refractivity contribution in [2.24, 2.45) is 0 Å². The van der Waals surface area contributed by atoms with E-state index in [1.165, 1.54) is 22.9 Å². The monoisotopic (exact) mass is 355 g/mol. The van der Waals surface area contributed by atoms with E-state index in [0.29, 0.717) is 15.0 Å². The van der Waals surface area contributed by atoms with Gasteiger partial charge in [0.1, 0.15) is 5.01 Å². The third kappa shape index (κ3) is 3.40. The van der Waals surface area contributed by atoms with E-state index in [4.69, 9.17) is 5.11 Å². The van der Waals surface area contributed by atoms with Crippen LogP contribution in [0.5, 0.6) is 0 Å². The second-order valence-corrected chi connectivity index (χ2v) is 5.77. The van der Waals surface area contributed by atoms with Crippen molar-refractivity contribution in [2.45, 2.75) is 13.0 Å². The van der Waals surface area contributed by atoms with Gasteiger partial charge in [-0.3, -0.25) is 9.78 Å². The molecule has 2 aromatic rings.